The number of nitrogens with one attached hydrogen (secondary N) is 1. The molecule has 0 aromatic heterocycles. The van der Waals surface area contributed by atoms with Gasteiger partial charge >= 0.3 is 5.97 Å². The van der Waals surface area contributed by atoms with Gasteiger partial charge in [0.15, 0.2) is 0 Å². The first-order chi connectivity index (χ1) is 11.8. The lowest BCUT2D eigenvalue weighted by atomic mass is 10.0. The van der Waals surface area contributed by atoms with Crippen molar-refractivity contribution in [3.05, 3.63) is 65.7 Å². The summed E-state index contributed by atoms with van der Waals surface area (Å²) in [4.78, 5) is 12.2. The van der Waals surface area contributed by atoms with Crippen molar-refractivity contribution in [2.24, 2.45) is 0 Å². The van der Waals surface area contributed by atoms with E-state index in [1.54, 1.807) is 49.4 Å². The van der Waals surface area contributed by atoms with E-state index in [0.29, 0.717) is 5.56 Å². The van der Waals surface area contributed by atoms with Gasteiger partial charge in [-0.3, -0.25) is 4.79 Å². The Hall–Kier alpha value is -2.22. The second-order valence-corrected chi connectivity index (χ2v) is 7.23. The average molecular weight is 363 g/mol. The predicted molar refractivity (Wildman–Crippen MR) is 93.3 cm³/mol. The van der Waals surface area contributed by atoms with Crippen LogP contribution in [0.1, 0.15) is 24.2 Å². The number of rotatable bonds is 7. The van der Waals surface area contributed by atoms with E-state index in [0.717, 1.165) is 5.56 Å². The molecule has 2 atom stereocenters. The number of hydrogen-bond acceptors (Lipinski definition) is 5. The number of benzene rings is 2. The van der Waals surface area contributed by atoms with E-state index in [4.69, 9.17) is 4.74 Å². The quantitative estimate of drug-likeness (QED) is 0.734. The smallest absolute Gasteiger partial charge is 0.327 e. The minimum Gasteiger partial charge on any atom is -0.465 e. The highest BCUT2D eigenvalue weighted by Gasteiger charge is 2.33. The van der Waals surface area contributed by atoms with Crippen LogP contribution in [0.4, 0.5) is 0 Å². The van der Waals surface area contributed by atoms with E-state index < -0.39 is 28.1 Å². The molecule has 0 unspecified atom stereocenters. The molecule has 0 aliphatic carbocycles. The van der Waals surface area contributed by atoms with E-state index in [1.807, 2.05) is 6.92 Å². The van der Waals surface area contributed by atoms with Crippen LogP contribution in [0.5, 0.6) is 0 Å². The van der Waals surface area contributed by atoms with Crippen LogP contribution in [0, 0.1) is 6.92 Å². The van der Waals surface area contributed by atoms with Gasteiger partial charge in [-0.2, -0.15) is 4.72 Å². The summed E-state index contributed by atoms with van der Waals surface area (Å²) in [6.45, 7) is 3.52. The van der Waals surface area contributed by atoms with Crippen molar-refractivity contribution in [1.82, 2.24) is 4.72 Å². The molecule has 2 aromatic carbocycles. The average Bonchev–Trinajstić information content (AvgIpc) is 2.60. The summed E-state index contributed by atoms with van der Waals surface area (Å²) in [5.74, 6) is -0.838. The first kappa shape index (κ1) is 19.1. The topological polar surface area (TPSA) is 92.7 Å². The fourth-order valence-electron chi connectivity index (χ4n) is 2.27. The molecule has 0 aliphatic heterocycles. The summed E-state index contributed by atoms with van der Waals surface area (Å²) in [6, 6.07) is 13.1. The number of esters is 1. The first-order valence-electron chi connectivity index (χ1n) is 7.84. The molecule has 0 aliphatic rings. The summed E-state index contributed by atoms with van der Waals surface area (Å²) in [5, 5.41) is 10.5. The normalized spacial score (nSPS) is 13.9. The molecule has 0 heterocycles. The Balaban J connectivity index is 2.32. The van der Waals surface area contributed by atoms with Crippen molar-refractivity contribution < 1.29 is 23.1 Å². The maximum absolute atomic E-state index is 12.6. The third kappa shape index (κ3) is 4.88. The fourth-order valence-corrected chi connectivity index (χ4v) is 3.46. The third-order valence-corrected chi connectivity index (χ3v) is 5.07. The highest BCUT2D eigenvalue weighted by Crippen LogP contribution is 2.20. The largest absolute Gasteiger partial charge is 0.465 e. The van der Waals surface area contributed by atoms with Gasteiger partial charge in [0.2, 0.25) is 10.0 Å². The molecule has 7 heteroatoms. The highest BCUT2D eigenvalue weighted by molar-refractivity contribution is 7.89. The second-order valence-electron chi connectivity index (χ2n) is 5.52. The van der Waals surface area contributed by atoms with E-state index in [-0.39, 0.29) is 11.5 Å². The third-order valence-electron chi connectivity index (χ3n) is 3.61. The van der Waals surface area contributed by atoms with Crippen LogP contribution < -0.4 is 4.72 Å². The van der Waals surface area contributed by atoms with Crippen LogP contribution in [-0.4, -0.2) is 32.1 Å². The van der Waals surface area contributed by atoms with Gasteiger partial charge in [0.25, 0.3) is 0 Å². The van der Waals surface area contributed by atoms with Crippen LogP contribution in [-0.2, 0) is 19.6 Å². The van der Waals surface area contributed by atoms with Gasteiger partial charge in [0.05, 0.1) is 11.5 Å². The molecule has 2 rings (SSSR count). The lowest BCUT2D eigenvalue weighted by Gasteiger charge is -2.22. The van der Waals surface area contributed by atoms with Gasteiger partial charge in [0.1, 0.15) is 12.1 Å². The number of carbonyl (C=O) groups excluding carboxylic acids is 1. The molecule has 2 aromatic rings. The fraction of sp³-hybridized carbons (Fsp3) is 0.278. The Bertz CT molecular complexity index is 803. The van der Waals surface area contributed by atoms with Crippen LogP contribution in [0.15, 0.2) is 59.5 Å². The molecule has 0 spiro atoms. The number of sulfonamides is 1. The molecular formula is C18H21NO5S. The molecule has 0 bridgehead atoms. The lowest BCUT2D eigenvalue weighted by molar-refractivity contribution is -0.148. The minimum atomic E-state index is -4.00. The zero-order valence-corrected chi connectivity index (χ0v) is 14.9. The van der Waals surface area contributed by atoms with Gasteiger partial charge < -0.3 is 9.84 Å². The standard InChI is InChI=1S/C18H21NO5S/c1-3-24-18(21)16(17(20)14-7-5-4-6-8-14)19-25(22,23)15-11-9-13(2)10-12-15/h4-12,16-17,19-20H,3H2,1-2H3/t16-,17-/m0/s1. The van der Waals surface area contributed by atoms with E-state index >= 15 is 0 Å². The van der Waals surface area contributed by atoms with E-state index in [1.165, 1.54) is 12.1 Å². The van der Waals surface area contributed by atoms with Crippen molar-refractivity contribution in [3.63, 3.8) is 0 Å². The number of ether oxygens (including phenoxy) is 1. The lowest BCUT2D eigenvalue weighted by Crippen LogP contribution is -2.45. The Morgan fingerprint density at radius 1 is 1.12 bits per heavy atom. The van der Waals surface area contributed by atoms with Crippen LogP contribution in [0.2, 0.25) is 0 Å². The Morgan fingerprint density at radius 2 is 1.72 bits per heavy atom. The van der Waals surface area contributed by atoms with Crippen molar-refractivity contribution in [3.8, 4) is 0 Å². The van der Waals surface area contributed by atoms with Crippen molar-refractivity contribution in [1.29, 1.82) is 0 Å². The molecule has 0 saturated carbocycles. The van der Waals surface area contributed by atoms with Gasteiger partial charge in [-0.1, -0.05) is 48.0 Å². The molecular weight excluding hydrogens is 342 g/mol. The van der Waals surface area contributed by atoms with Crippen LogP contribution in [0.3, 0.4) is 0 Å². The molecule has 25 heavy (non-hydrogen) atoms. The summed E-state index contributed by atoms with van der Waals surface area (Å²) in [5.41, 5.74) is 1.32. The van der Waals surface area contributed by atoms with Gasteiger partial charge in [-0.05, 0) is 31.5 Å². The van der Waals surface area contributed by atoms with Crippen LogP contribution >= 0.6 is 0 Å². The Kier molecular flexibility index (Phi) is 6.30. The SMILES string of the molecule is CCOC(=O)[C@@H](NS(=O)(=O)c1ccc(C)cc1)[C@@H](O)c1ccccc1. The molecule has 0 amide bonds. The highest BCUT2D eigenvalue weighted by atomic mass is 32.2. The zero-order chi connectivity index (χ0) is 18.4. The Labute approximate surface area is 147 Å². The first-order valence-corrected chi connectivity index (χ1v) is 9.32. The van der Waals surface area contributed by atoms with E-state index in [9.17, 15) is 18.3 Å². The summed E-state index contributed by atoms with van der Waals surface area (Å²) in [7, 11) is -4.00. The summed E-state index contributed by atoms with van der Waals surface area (Å²) >= 11 is 0. The zero-order valence-electron chi connectivity index (χ0n) is 14.0. The minimum absolute atomic E-state index is 0.00709. The number of carbonyl (C=O) groups is 1. The predicted octanol–water partition coefficient (Wildman–Crippen LogP) is 1.94. The van der Waals surface area contributed by atoms with Crippen molar-refractivity contribution >= 4 is 16.0 Å². The van der Waals surface area contributed by atoms with Crippen molar-refractivity contribution in [2.75, 3.05) is 6.61 Å². The molecule has 0 radical (unpaired) electrons. The maximum Gasteiger partial charge on any atom is 0.327 e. The van der Waals surface area contributed by atoms with Gasteiger partial charge in [-0.25, -0.2) is 8.42 Å². The Morgan fingerprint density at radius 3 is 2.28 bits per heavy atom. The molecule has 0 fully saturated rings. The summed E-state index contributed by atoms with van der Waals surface area (Å²) < 4.78 is 32.3. The van der Waals surface area contributed by atoms with Crippen LogP contribution in [0.25, 0.3) is 0 Å². The number of hydrogen-bond donors (Lipinski definition) is 2. The maximum atomic E-state index is 12.6. The monoisotopic (exact) mass is 363 g/mol. The molecule has 6 nitrogen and oxygen atoms in total. The van der Waals surface area contributed by atoms with E-state index in [2.05, 4.69) is 4.72 Å². The molecule has 0 saturated heterocycles. The number of aliphatic hydroxyl groups is 1. The second kappa shape index (κ2) is 8.24. The number of aryl methyl sites for hydroxylation is 1. The molecule has 134 valence electrons. The van der Waals surface area contributed by atoms with Crippen molar-refractivity contribution in [2.45, 2.75) is 30.9 Å². The molecule has 2 N–H and O–H groups in total. The van der Waals surface area contributed by atoms with Gasteiger partial charge in [0, 0.05) is 0 Å². The number of aliphatic hydroxyl groups excluding tert-OH is 1. The van der Waals surface area contributed by atoms with Gasteiger partial charge in [-0.15, -0.1) is 0 Å². The summed E-state index contributed by atoms with van der Waals surface area (Å²) in [6.07, 6.45) is -1.37.